The van der Waals surface area contributed by atoms with Gasteiger partial charge in [-0.25, -0.2) is 0 Å². The lowest BCUT2D eigenvalue weighted by Crippen LogP contribution is -2.10. The largest absolute Gasteiger partial charge is 0.0877 e. The number of hydrogen-bond acceptors (Lipinski definition) is 0. The Balaban J connectivity index is 3.86. The van der Waals surface area contributed by atoms with E-state index in [4.69, 9.17) is 0 Å². The fourth-order valence-electron chi connectivity index (χ4n) is 1.44. The first-order valence-electron chi connectivity index (χ1n) is 3.95. The second-order valence-corrected chi connectivity index (χ2v) is 3.99. The third-order valence-corrected chi connectivity index (χ3v) is 1.50. The monoisotopic (exact) mass is 139 g/mol. The van der Waals surface area contributed by atoms with E-state index in [1.165, 1.54) is 6.42 Å². The minimum atomic E-state index is 0.329. The zero-order chi connectivity index (χ0) is 8.20. The number of hydrogen-bond donors (Lipinski definition) is 0. The Hall–Kier alpha value is -0.260. The van der Waals surface area contributed by atoms with Crippen LogP contribution in [0.15, 0.2) is 12.2 Å². The van der Waals surface area contributed by atoms with Crippen LogP contribution in [0.2, 0.25) is 0 Å². The van der Waals surface area contributed by atoms with Crippen LogP contribution in [0.25, 0.3) is 0 Å². The van der Waals surface area contributed by atoms with Crippen LogP contribution >= 0.6 is 0 Å². The first-order chi connectivity index (χ1) is 4.48. The van der Waals surface area contributed by atoms with Crippen LogP contribution < -0.4 is 0 Å². The highest BCUT2D eigenvalue weighted by atomic mass is 14.2. The van der Waals surface area contributed by atoms with Crippen molar-refractivity contribution in [2.75, 3.05) is 0 Å². The quantitative estimate of drug-likeness (QED) is 0.562. The molecule has 59 valence electrons. The summed E-state index contributed by atoms with van der Waals surface area (Å²) in [4.78, 5) is 0. The molecule has 1 radical (unpaired) electrons. The molecule has 0 aromatic carbocycles. The fourth-order valence-corrected chi connectivity index (χ4v) is 1.44. The van der Waals surface area contributed by atoms with Crippen molar-refractivity contribution in [2.45, 2.75) is 34.1 Å². The van der Waals surface area contributed by atoms with E-state index in [-0.39, 0.29) is 0 Å². The lowest BCUT2D eigenvalue weighted by atomic mass is 9.84. The Labute approximate surface area is 65.3 Å². The molecule has 0 saturated carbocycles. The second-order valence-electron chi connectivity index (χ2n) is 3.99. The highest BCUT2D eigenvalue weighted by Crippen LogP contribution is 2.26. The molecule has 0 aromatic heterocycles. The molecule has 0 unspecified atom stereocenters. The first-order valence-corrected chi connectivity index (χ1v) is 3.95. The average Bonchev–Trinajstić information content (AvgIpc) is 1.59. The molecule has 0 bridgehead atoms. The van der Waals surface area contributed by atoms with Gasteiger partial charge in [-0.05, 0) is 24.7 Å². The molecule has 0 heterocycles. The highest BCUT2D eigenvalue weighted by Gasteiger charge is 2.14. The van der Waals surface area contributed by atoms with Crippen molar-refractivity contribution >= 4 is 0 Å². The van der Waals surface area contributed by atoms with Gasteiger partial charge < -0.3 is 0 Å². The van der Waals surface area contributed by atoms with Crippen LogP contribution in [0.3, 0.4) is 0 Å². The van der Waals surface area contributed by atoms with Crippen molar-refractivity contribution in [1.82, 2.24) is 0 Å². The minimum absolute atomic E-state index is 0.329. The third kappa shape index (κ3) is 4.60. The predicted octanol–water partition coefficient (Wildman–Crippen LogP) is 3.45. The molecule has 0 saturated heterocycles. The van der Waals surface area contributed by atoms with Crippen molar-refractivity contribution < 1.29 is 0 Å². The average molecular weight is 139 g/mol. The maximum absolute atomic E-state index is 3.70. The zero-order valence-corrected chi connectivity index (χ0v) is 7.65. The van der Waals surface area contributed by atoms with E-state index < -0.39 is 0 Å². The Morgan fingerprint density at radius 3 is 2.20 bits per heavy atom. The van der Waals surface area contributed by atoms with Gasteiger partial charge in [0.1, 0.15) is 0 Å². The van der Waals surface area contributed by atoms with Gasteiger partial charge in [0.25, 0.3) is 0 Å². The Morgan fingerprint density at radius 2 is 1.90 bits per heavy atom. The standard InChI is InChI=1S/C10H19/c1-6-7-10(4,5)8-9(2)3/h6-7,9H,1,8H2,2-5H3/b7-6+. The molecular weight excluding hydrogens is 120 g/mol. The zero-order valence-electron chi connectivity index (χ0n) is 7.65. The summed E-state index contributed by atoms with van der Waals surface area (Å²) < 4.78 is 0. The van der Waals surface area contributed by atoms with E-state index in [9.17, 15) is 0 Å². The van der Waals surface area contributed by atoms with Crippen LogP contribution in [0.1, 0.15) is 34.1 Å². The van der Waals surface area contributed by atoms with E-state index in [1.54, 1.807) is 0 Å². The van der Waals surface area contributed by atoms with Gasteiger partial charge >= 0.3 is 0 Å². The number of allylic oxidation sites excluding steroid dienone is 2. The molecule has 0 N–H and O–H groups in total. The van der Waals surface area contributed by atoms with Gasteiger partial charge in [-0.15, -0.1) is 0 Å². The smallest absolute Gasteiger partial charge is 0.0172 e. The first kappa shape index (κ1) is 9.74. The Bertz CT molecular complexity index is 107. The molecule has 0 amide bonds. The molecule has 0 rings (SSSR count). The molecule has 0 fully saturated rings. The second kappa shape index (κ2) is 3.80. The summed E-state index contributed by atoms with van der Waals surface area (Å²) in [5.41, 5.74) is 0.329. The van der Waals surface area contributed by atoms with Crippen molar-refractivity contribution in [3.05, 3.63) is 19.1 Å². The van der Waals surface area contributed by atoms with Crippen LogP contribution in [0.4, 0.5) is 0 Å². The Morgan fingerprint density at radius 1 is 1.40 bits per heavy atom. The Kier molecular flexibility index (Phi) is 3.70. The molecule has 0 aliphatic heterocycles. The molecule has 0 aromatic rings. The van der Waals surface area contributed by atoms with E-state index in [0.717, 1.165) is 5.92 Å². The summed E-state index contributed by atoms with van der Waals surface area (Å²) in [7, 11) is 0. The molecule has 0 nitrogen and oxygen atoms in total. The number of rotatable bonds is 3. The van der Waals surface area contributed by atoms with Crippen LogP contribution in [0.5, 0.6) is 0 Å². The summed E-state index contributed by atoms with van der Waals surface area (Å²) in [5.74, 6) is 0.770. The highest BCUT2D eigenvalue weighted by molar-refractivity contribution is 4.96. The summed E-state index contributed by atoms with van der Waals surface area (Å²) in [6, 6.07) is 0. The molecule has 10 heavy (non-hydrogen) atoms. The van der Waals surface area contributed by atoms with Crippen molar-refractivity contribution in [3.8, 4) is 0 Å². The molecular formula is C10H19. The van der Waals surface area contributed by atoms with Crippen LogP contribution in [0, 0.1) is 18.3 Å². The molecule has 0 atom stereocenters. The summed E-state index contributed by atoms with van der Waals surface area (Å²) in [6.45, 7) is 12.7. The van der Waals surface area contributed by atoms with Gasteiger partial charge in [0.05, 0.1) is 0 Å². The van der Waals surface area contributed by atoms with Crippen LogP contribution in [-0.2, 0) is 0 Å². The summed E-state index contributed by atoms with van der Waals surface area (Å²) in [6.07, 6.45) is 5.30. The topological polar surface area (TPSA) is 0 Å². The van der Waals surface area contributed by atoms with Crippen LogP contribution in [-0.4, -0.2) is 0 Å². The van der Waals surface area contributed by atoms with Gasteiger partial charge in [0.2, 0.25) is 0 Å². The normalized spacial score (nSPS) is 13.4. The van der Waals surface area contributed by atoms with Gasteiger partial charge in [0.15, 0.2) is 0 Å². The lowest BCUT2D eigenvalue weighted by Gasteiger charge is -2.22. The van der Waals surface area contributed by atoms with E-state index in [0.29, 0.717) is 5.41 Å². The van der Waals surface area contributed by atoms with Crippen molar-refractivity contribution in [1.29, 1.82) is 0 Å². The van der Waals surface area contributed by atoms with Gasteiger partial charge in [-0.2, -0.15) is 0 Å². The summed E-state index contributed by atoms with van der Waals surface area (Å²) in [5, 5.41) is 0. The van der Waals surface area contributed by atoms with E-state index >= 15 is 0 Å². The summed E-state index contributed by atoms with van der Waals surface area (Å²) >= 11 is 0. The van der Waals surface area contributed by atoms with E-state index in [2.05, 4.69) is 40.7 Å². The maximum atomic E-state index is 3.70. The third-order valence-electron chi connectivity index (χ3n) is 1.50. The van der Waals surface area contributed by atoms with Crippen molar-refractivity contribution in [3.63, 3.8) is 0 Å². The maximum Gasteiger partial charge on any atom is -0.0172 e. The lowest BCUT2D eigenvalue weighted by molar-refractivity contribution is 0.366. The van der Waals surface area contributed by atoms with Gasteiger partial charge in [0, 0.05) is 0 Å². The predicted molar refractivity (Wildman–Crippen MR) is 47.7 cm³/mol. The van der Waals surface area contributed by atoms with Gasteiger partial charge in [-0.1, -0.05) is 39.8 Å². The fraction of sp³-hybridized carbons (Fsp3) is 0.700. The molecule has 0 aliphatic carbocycles. The van der Waals surface area contributed by atoms with E-state index in [1.807, 2.05) is 6.08 Å². The molecule has 0 spiro atoms. The molecule has 0 aliphatic rings. The SMILES string of the molecule is [CH2]/C=C/C(C)(C)CC(C)C. The van der Waals surface area contributed by atoms with Gasteiger partial charge in [-0.3, -0.25) is 0 Å². The minimum Gasteiger partial charge on any atom is -0.0877 e. The van der Waals surface area contributed by atoms with Crippen molar-refractivity contribution in [2.24, 2.45) is 11.3 Å². The molecule has 0 heteroatoms.